The summed E-state index contributed by atoms with van der Waals surface area (Å²) in [7, 11) is 0. The molecular weight excluding hydrogens is 869 g/mol. The summed E-state index contributed by atoms with van der Waals surface area (Å²) in [6, 6.07) is 23.9. The van der Waals surface area contributed by atoms with E-state index in [2.05, 4.69) is 196 Å². The van der Waals surface area contributed by atoms with Crippen molar-refractivity contribution >= 4 is 79.1 Å². The lowest BCUT2D eigenvalue weighted by Gasteiger charge is -2.41. The summed E-state index contributed by atoms with van der Waals surface area (Å²) in [5, 5.41) is 11.8. The van der Waals surface area contributed by atoms with Crippen molar-refractivity contribution in [3.63, 3.8) is 0 Å². The molecular formula is C57H60N4S4+2. The normalized spacial score (nSPS) is 19.9. The van der Waals surface area contributed by atoms with Crippen molar-refractivity contribution in [3.05, 3.63) is 170 Å². The molecule has 0 saturated heterocycles. The summed E-state index contributed by atoms with van der Waals surface area (Å²) in [4.78, 5) is 5.31. The number of rotatable bonds is 8. The smallest absolute Gasteiger partial charge is 0.198 e. The van der Waals surface area contributed by atoms with Crippen molar-refractivity contribution in [1.82, 2.24) is 9.13 Å². The van der Waals surface area contributed by atoms with Gasteiger partial charge in [0, 0.05) is 42.8 Å². The topological polar surface area (TPSA) is 15.9 Å². The van der Waals surface area contributed by atoms with Gasteiger partial charge in [-0.15, -0.1) is 45.3 Å². The molecule has 6 aliphatic rings. The molecule has 0 N–H and O–H groups in total. The summed E-state index contributed by atoms with van der Waals surface area (Å²) in [5.41, 5.74) is 19.5. The van der Waals surface area contributed by atoms with Crippen molar-refractivity contribution < 1.29 is 9.15 Å². The molecule has 0 radical (unpaired) electrons. The molecule has 1 atom stereocenters. The van der Waals surface area contributed by atoms with E-state index in [1.54, 1.807) is 0 Å². The van der Waals surface area contributed by atoms with E-state index in [0.29, 0.717) is 0 Å². The molecule has 65 heavy (non-hydrogen) atoms. The van der Waals surface area contributed by atoms with Gasteiger partial charge in [-0.25, -0.2) is 0 Å². The summed E-state index contributed by atoms with van der Waals surface area (Å²) in [6.07, 6.45) is 9.14. The molecule has 4 nitrogen and oxygen atoms in total. The van der Waals surface area contributed by atoms with Gasteiger partial charge in [0.05, 0.1) is 44.4 Å². The average Bonchev–Trinajstić information content (AvgIpc) is 4.03. The van der Waals surface area contributed by atoms with Crippen LogP contribution in [0.15, 0.2) is 117 Å². The summed E-state index contributed by atoms with van der Waals surface area (Å²) < 4.78 is 11.5. The van der Waals surface area contributed by atoms with Crippen molar-refractivity contribution in [2.45, 2.75) is 115 Å². The highest BCUT2D eigenvalue weighted by molar-refractivity contribution is 7.12. The zero-order valence-electron chi connectivity index (χ0n) is 40.0. The molecule has 0 aromatic carbocycles. The Bertz CT molecular complexity index is 3350. The van der Waals surface area contributed by atoms with E-state index < -0.39 is 5.91 Å². The predicted octanol–water partition coefficient (Wildman–Crippen LogP) is 13.5. The molecule has 8 heteroatoms. The maximum atomic E-state index is 2.89. The first-order valence-corrected chi connectivity index (χ1v) is 26.9. The lowest BCUT2D eigenvalue weighted by molar-refractivity contribution is -0.834. The third-order valence-corrected chi connectivity index (χ3v) is 17.0. The van der Waals surface area contributed by atoms with Gasteiger partial charge in [-0.05, 0) is 116 Å². The molecule has 0 aliphatic carbocycles. The second-order valence-electron chi connectivity index (χ2n) is 23.9. The summed E-state index contributed by atoms with van der Waals surface area (Å²) in [6.45, 7) is 29.0. The highest BCUT2D eigenvalue weighted by Crippen LogP contribution is 2.58. The second kappa shape index (κ2) is 13.7. The van der Waals surface area contributed by atoms with Gasteiger partial charge in [-0.3, -0.25) is 0 Å². The van der Waals surface area contributed by atoms with Gasteiger partial charge in [0.15, 0.2) is 0 Å². The molecule has 12 heterocycles. The third kappa shape index (κ3) is 6.08. The summed E-state index contributed by atoms with van der Waals surface area (Å²) in [5.74, 6) is -0.827. The van der Waals surface area contributed by atoms with Crippen LogP contribution in [0.5, 0.6) is 0 Å². The number of hydrogen-bond acceptors (Lipinski definition) is 4. The Labute approximate surface area is 400 Å². The molecule has 0 fully saturated rings. The average molecular weight is 929 g/mol. The highest BCUT2D eigenvalue weighted by atomic mass is 32.1. The van der Waals surface area contributed by atoms with Crippen LogP contribution in [0, 0.1) is 21.7 Å². The van der Waals surface area contributed by atoms with Crippen LogP contribution in [0.1, 0.15) is 138 Å². The molecule has 0 saturated carbocycles. The van der Waals surface area contributed by atoms with Gasteiger partial charge in [0.25, 0.3) is 0 Å². The Morgan fingerprint density at radius 2 is 1.02 bits per heavy atom. The van der Waals surface area contributed by atoms with E-state index >= 15 is 0 Å². The van der Waals surface area contributed by atoms with Crippen LogP contribution in [-0.4, -0.2) is 29.7 Å². The first kappa shape index (κ1) is 41.8. The van der Waals surface area contributed by atoms with Crippen molar-refractivity contribution in [3.8, 4) is 0 Å². The minimum absolute atomic E-state index is 0.0538. The first-order chi connectivity index (χ1) is 30.7. The minimum atomic E-state index is -0.827. The molecule has 0 bridgehead atoms. The maximum absolute atomic E-state index is 2.89. The van der Waals surface area contributed by atoms with Crippen molar-refractivity contribution in [1.29, 1.82) is 0 Å². The number of aromatic nitrogens is 2. The predicted molar refractivity (Wildman–Crippen MR) is 277 cm³/mol. The Balaban J connectivity index is 1.40. The molecule has 0 amide bonds. The van der Waals surface area contributed by atoms with Crippen LogP contribution in [0.25, 0.3) is 22.3 Å². The Morgan fingerprint density at radius 1 is 0.508 bits per heavy atom. The zero-order valence-corrected chi connectivity index (χ0v) is 43.3. The number of thiophene rings is 4. The number of nitrogens with zero attached hydrogens (tertiary/aromatic N) is 4. The van der Waals surface area contributed by atoms with Crippen LogP contribution in [0.2, 0.25) is 0 Å². The monoisotopic (exact) mass is 928 g/mol. The molecule has 1 unspecified atom stereocenters. The zero-order chi connectivity index (χ0) is 45.3. The fourth-order valence-electron chi connectivity index (χ4n) is 11.9. The standard InChI is InChI=1S/C57H60N4S4/c1-53(2,3)29-33-25-37-46(42-18-14-22-63-42)50-35(31-55(7,8)9)27-39-48(44-20-16-24-65-44)52-36(32-56(10,11)12)28-40-47(43-19-15-23-64-43)51-34(30-54(4,5)6)26-38-45(41-17-13-21-62-41)49(33)58(37)57(59(38)51,60(39)50)61(40)52/h13-28H,29-32H2,1-12H3/q+2. The maximum Gasteiger partial charge on any atom is 0.554 e. The second-order valence-corrected chi connectivity index (χ2v) is 27.7. The molecule has 1 spiro atoms. The van der Waals surface area contributed by atoms with E-state index in [9.17, 15) is 0 Å². The quantitative estimate of drug-likeness (QED) is 0.135. The van der Waals surface area contributed by atoms with Gasteiger partial charge >= 0.3 is 5.91 Å². The number of hydrogen-bond donors (Lipinski definition) is 0. The van der Waals surface area contributed by atoms with Crippen LogP contribution in [-0.2, 0) is 18.8 Å². The van der Waals surface area contributed by atoms with Gasteiger partial charge in [0.2, 0.25) is 22.8 Å². The molecule has 6 aliphatic heterocycles. The van der Waals surface area contributed by atoms with E-state index in [4.69, 9.17) is 0 Å². The Morgan fingerprint density at radius 3 is 1.55 bits per heavy atom. The van der Waals surface area contributed by atoms with E-state index in [1.807, 2.05) is 45.3 Å². The highest BCUT2D eigenvalue weighted by Gasteiger charge is 2.75. The van der Waals surface area contributed by atoms with E-state index in [-0.39, 0.29) is 21.7 Å². The molecule has 330 valence electrons. The van der Waals surface area contributed by atoms with Gasteiger partial charge in [-0.2, -0.15) is 9.13 Å². The largest absolute Gasteiger partial charge is 0.554 e. The molecule has 12 rings (SSSR count). The lowest BCUT2D eigenvalue weighted by atomic mass is 9.84. The third-order valence-electron chi connectivity index (χ3n) is 13.4. The van der Waals surface area contributed by atoms with Crippen LogP contribution in [0.3, 0.4) is 0 Å². The van der Waals surface area contributed by atoms with Crippen molar-refractivity contribution in [2.24, 2.45) is 21.7 Å². The van der Waals surface area contributed by atoms with Gasteiger partial charge in [0.1, 0.15) is 0 Å². The Kier molecular flexibility index (Phi) is 8.84. The van der Waals surface area contributed by atoms with Crippen LogP contribution in [0.4, 0.5) is 0 Å². The van der Waals surface area contributed by atoms with Crippen LogP contribution >= 0.6 is 45.3 Å². The minimum Gasteiger partial charge on any atom is -0.198 e. The SMILES string of the molecule is CC(C)(C)CC1=CC2=[N+]3C1=C(c1cccs1)c1cc(CC(C)(C)C)c4n1C31n3c(cc(CC(C)(C)C)c3=C2c2cccs2)=C(c2cccs2)C2=[N+]1C(=C4c1cccs1)C=C2CC(C)(C)C. The first-order valence-electron chi connectivity index (χ1n) is 23.4. The summed E-state index contributed by atoms with van der Waals surface area (Å²) >= 11 is 7.54. The van der Waals surface area contributed by atoms with E-state index in [1.165, 1.54) is 109 Å². The van der Waals surface area contributed by atoms with Gasteiger partial charge < -0.3 is 0 Å². The molecule has 6 aromatic rings. The Hall–Kier alpha value is -4.60. The fourth-order valence-corrected chi connectivity index (χ4v) is 15.0. The molecule has 6 aromatic heterocycles. The fraction of sp³-hybridized carbons (Fsp3) is 0.368. The van der Waals surface area contributed by atoms with Crippen molar-refractivity contribution in [2.75, 3.05) is 0 Å². The number of allylic oxidation sites excluding steroid dienone is 4. The van der Waals surface area contributed by atoms with E-state index in [0.717, 1.165) is 25.7 Å². The van der Waals surface area contributed by atoms with Gasteiger partial charge in [-0.1, -0.05) is 117 Å². The van der Waals surface area contributed by atoms with Crippen LogP contribution < -0.4 is 10.7 Å². The lowest BCUT2D eigenvalue weighted by Crippen LogP contribution is -2.71.